The Kier molecular flexibility index (Phi) is 4.13. The summed E-state index contributed by atoms with van der Waals surface area (Å²) in [6, 6.07) is 4.58. The molecule has 28 heavy (non-hydrogen) atoms. The fourth-order valence-electron chi connectivity index (χ4n) is 5.17. The predicted molar refractivity (Wildman–Crippen MR) is 121 cm³/mol. The smallest absolute Gasteiger partial charge is 0.0612 e. The molecule has 1 unspecified atom stereocenters. The number of benzene rings is 2. The molecular weight excluding hydrogens is 340 g/mol. The highest BCUT2D eigenvalue weighted by Gasteiger charge is 2.34. The Morgan fingerprint density at radius 1 is 0.929 bits per heavy atom. The second kappa shape index (κ2) is 6.09. The van der Waals surface area contributed by atoms with E-state index >= 15 is 0 Å². The Bertz CT molecular complexity index is 1170. The lowest BCUT2D eigenvalue weighted by molar-refractivity contribution is 0.581. The molecule has 0 aliphatic heterocycles. The van der Waals surface area contributed by atoms with Crippen molar-refractivity contribution in [3.8, 4) is 0 Å². The summed E-state index contributed by atoms with van der Waals surface area (Å²) in [4.78, 5) is 0. The Morgan fingerprint density at radius 3 is 2.29 bits per heavy atom. The average molecular weight is 373 g/mol. The second-order valence-electron chi connectivity index (χ2n) is 9.00. The number of rotatable bonds is 2. The third-order valence-electron chi connectivity index (χ3n) is 7.38. The van der Waals surface area contributed by atoms with E-state index in [1.165, 1.54) is 66.5 Å². The summed E-state index contributed by atoms with van der Waals surface area (Å²) in [5.74, 6) is 0. The molecule has 2 nitrogen and oxygen atoms in total. The highest BCUT2D eigenvalue weighted by molar-refractivity contribution is 5.91. The number of nitrogens with two attached hydrogens (primary N) is 1. The lowest BCUT2D eigenvalue weighted by Crippen LogP contribution is -2.36. The topological polar surface area (TPSA) is 30.9 Å². The molecule has 0 saturated heterocycles. The zero-order valence-electron chi connectivity index (χ0n) is 18.5. The van der Waals surface area contributed by atoms with Gasteiger partial charge in [0.15, 0.2) is 0 Å². The first-order chi connectivity index (χ1) is 13.1. The van der Waals surface area contributed by atoms with Crippen molar-refractivity contribution in [2.45, 2.75) is 60.4 Å². The molecule has 0 radical (unpaired) electrons. The zero-order valence-corrected chi connectivity index (χ0v) is 18.5. The Labute approximate surface area is 169 Å². The normalized spacial score (nSPS) is 15.7. The van der Waals surface area contributed by atoms with Crippen molar-refractivity contribution in [3.63, 3.8) is 0 Å². The van der Waals surface area contributed by atoms with Crippen LogP contribution in [0, 0.1) is 41.5 Å². The maximum atomic E-state index is 7.17. The molecule has 1 atom stereocenters. The fraction of sp³-hybridized carbons (Fsp3) is 0.385. The van der Waals surface area contributed by atoms with Crippen LogP contribution in [0.3, 0.4) is 0 Å². The molecule has 0 amide bonds. The van der Waals surface area contributed by atoms with Gasteiger partial charge in [0.1, 0.15) is 0 Å². The quantitative estimate of drug-likeness (QED) is 0.602. The van der Waals surface area contributed by atoms with E-state index in [9.17, 15) is 0 Å². The Balaban J connectivity index is 1.95. The highest BCUT2D eigenvalue weighted by atomic mass is 14.9. The van der Waals surface area contributed by atoms with Crippen molar-refractivity contribution in [2.75, 3.05) is 0 Å². The molecule has 0 spiro atoms. The molecule has 3 aromatic rings. The minimum absolute atomic E-state index is 0.505. The standard InChI is InChI=1S/C26H32N2/c1-14-11-20-12-21(13-23(20)17(4)15(14)2)26(7,27)24-18(5)16(3)19(6)25-22(24)9-10-28(25)8/h9-11,13H,12,27H2,1-8H3. The molecule has 2 N–H and O–H groups in total. The van der Waals surface area contributed by atoms with E-state index in [2.05, 4.69) is 84.5 Å². The van der Waals surface area contributed by atoms with Crippen LogP contribution in [-0.4, -0.2) is 4.57 Å². The maximum Gasteiger partial charge on any atom is 0.0612 e. The van der Waals surface area contributed by atoms with E-state index in [1.807, 2.05) is 0 Å². The molecule has 1 aromatic heterocycles. The van der Waals surface area contributed by atoms with E-state index in [1.54, 1.807) is 0 Å². The van der Waals surface area contributed by atoms with Gasteiger partial charge in [0.2, 0.25) is 0 Å². The van der Waals surface area contributed by atoms with Gasteiger partial charge in [0, 0.05) is 18.6 Å². The van der Waals surface area contributed by atoms with E-state index in [-0.39, 0.29) is 0 Å². The summed E-state index contributed by atoms with van der Waals surface area (Å²) in [6.45, 7) is 15.6. The summed E-state index contributed by atoms with van der Waals surface area (Å²) in [7, 11) is 2.13. The third kappa shape index (κ3) is 2.44. The Hall–Kier alpha value is -2.32. The Morgan fingerprint density at radius 2 is 1.61 bits per heavy atom. The maximum absolute atomic E-state index is 7.17. The van der Waals surface area contributed by atoms with Gasteiger partial charge in [-0.15, -0.1) is 0 Å². The predicted octanol–water partition coefficient (Wildman–Crippen LogP) is 5.84. The molecule has 0 fully saturated rings. The van der Waals surface area contributed by atoms with Gasteiger partial charge >= 0.3 is 0 Å². The molecule has 1 heterocycles. The van der Waals surface area contributed by atoms with Crippen LogP contribution in [-0.2, 0) is 19.0 Å². The number of nitrogens with zero attached hydrogens (tertiary/aromatic N) is 1. The largest absolute Gasteiger partial charge is 0.350 e. The summed E-state index contributed by atoms with van der Waals surface area (Å²) < 4.78 is 2.23. The molecule has 0 bridgehead atoms. The van der Waals surface area contributed by atoms with Crippen LogP contribution in [0.2, 0.25) is 0 Å². The van der Waals surface area contributed by atoms with Crippen LogP contribution >= 0.6 is 0 Å². The van der Waals surface area contributed by atoms with Gasteiger partial charge in [-0.3, -0.25) is 0 Å². The number of fused-ring (bicyclic) bond motifs is 2. The molecule has 146 valence electrons. The molecular formula is C26H32N2. The van der Waals surface area contributed by atoms with E-state index < -0.39 is 5.54 Å². The molecule has 0 saturated carbocycles. The first-order valence-corrected chi connectivity index (χ1v) is 10.2. The van der Waals surface area contributed by atoms with Crippen LogP contribution in [0.1, 0.15) is 57.0 Å². The first kappa shape index (κ1) is 19.0. The summed E-state index contributed by atoms with van der Waals surface area (Å²) in [5.41, 5.74) is 21.5. The van der Waals surface area contributed by atoms with Crippen molar-refractivity contribution < 1.29 is 0 Å². The van der Waals surface area contributed by atoms with Gasteiger partial charge in [-0.25, -0.2) is 0 Å². The van der Waals surface area contributed by atoms with Crippen molar-refractivity contribution in [2.24, 2.45) is 12.8 Å². The average Bonchev–Trinajstić information content (AvgIpc) is 3.22. The second-order valence-corrected chi connectivity index (χ2v) is 9.00. The van der Waals surface area contributed by atoms with Crippen LogP contribution in [0.4, 0.5) is 0 Å². The summed E-state index contributed by atoms with van der Waals surface area (Å²) in [6.07, 6.45) is 5.45. The molecule has 1 aliphatic rings. The number of aryl methyl sites for hydroxylation is 3. The fourth-order valence-corrected chi connectivity index (χ4v) is 5.17. The number of aromatic nitrogens is 1. The van der Waals surface area contributed by atoms with Crippen molar-refractivity contribution in [1.29, 1.82) is 0 Å². The van der Waals surface area contributed by atoms with Gasteiger partial charge in [-0.05, 0) is 117 Å². The lowest BCUT2D eigenvalue weighted by atomic mass is 9.78. The van der Waals surface area contributed by atoms with E-state index in [0.29, 0.717) is 0 Å². The van der Waals surface area contributed by atoms with Gasteiger partial charge in [-0.2, -0.15) is 0 Å². The van der Waals surface area contributed by atoms with Gasteiger partial charge in [0.25, 0.3) is 0 Å². The first-order valence-electron chi connectivity index (χ1n) is 10.2. The van der Waals surface area contributed by atoms with Crippen molar-refractivity contribution >= 4 is 17.0 Å². The minimum Gasteiger partial charge on any atom is -0.350 e. The monoisotopic (exact) mass is 372 g/mol. The van der Waals surface area contributed by atoms with Crippen molar-refractivity contribution in [1.82, 2.24) is 4.57 Å². The molecule has 2 heteroatoms. The third-order valence-corrected chi connectivity index (χ3v) is 7.38. The number of hydrogen-bond acceptors (Lipinski definition) is 1. The summed E-state index contributed by atoms with van der Waals surface area (Å²) in [5, 5.41) is 1.29. The minimum atomic E-state index is -0.505. The molecule has 4 rings (SSSR count). The van der Waals surface area contributed by atoms with Crippen LogP contribution in [0.15, 0.2) is 23.9 Å². The van der Waals surface area contributed by atoms with Gasteiger partial charge < -0.3 is 10.3 Å². The van der Waals surface area contributed by atoms with Gasteiger partial charge in [-0.1, -0.05) is 12.1 Å². The number of hydrogen-bond donors (Lipinski definition) is 1. The SMILES string of the molecule is Cc1cc2c(c(C)c1C)C=C(C(C)(N)c1c(C)c(C)c(C)c3c1ccn3C)C2. The van der Waals surface area contributed by atoms with Gasteiger partial charge in [0.05, 0.1) is 11.1 Å². The van der Waals surface area contributed by atoms with Crippen LogP contribution in [0.25, 0.3) is 17.0 Å². The summed E-state index contributed by atoms with van der Waals surface area (Å²) >= 11 is 0. The zero-order chi connectivity index (χ0) is 20.5. The van der Waals surface area contributed by atoms with E-state index in [4.69, 9.17) is 5.73 Å². The lowest BCUT2D eigenvalue weighted by Gasteiger charge is -2.31. The van der Waals surface area contributed by atoms with Crippen LogP contribution < -0.4 is 5.73 Å². The van der Waals surface area contributed by atoms with E-state index in [0.717, 1.165) is 6.42 Å². The van der Waals surface area contributed by atoms with Crippen LogP contribution in [0.5, 0.6) is 0 Å². The highest BCUT2D eigenvalue weighted by Crippen LogP contribution is 2.43. The van der Waals surface area contributed by atoms with Crippen molar-refractivity contribution in [3.05, 3.63) is 74.0 Å². The molecule has 1 aliphatic carbocycles. The molecule has 2 aromatic carbocycles.